The maximum atomic E-state index is 6.18. The highest BCUT2D eigenvalue weighted by Crippen LogP contribution is 2.39. The minimum atomic E-state index is 0.300. The first-order valence-electron chi connectivity index (χ1n) is 6.56. The Balaban J connectivity index is 1.97. The first-order valence-corrected chi connectivity index (χ1v) is 8.71. The van der Waals surface area contributed by atoms with Gasteiger partial charge in [-0.3, -0.25) is 0 Å². The fourth-order valence-corrected chi connectivity index (χ4v) is 3.34. The lowest BCUT2D eigenvalue weighted by Gasteiger charge is -2.27. The normalized spacial score (nSPS) is 17.9. The summed E-state index contributed by atoms with van der Waals surface area (Å²) >= 11 is 14.2. The first kappa shape index (κ1) is 15.3. The van der Waals surface area contributed by atoms with Crippen LogP contribution in [0, 0.1) is 0 Å². The van der Waals surface area contributed by atoms with E-state index in [1.54, 1.807) is 6.07 Å². The zero-order chi connectivity index (χ0) is 13.7. The molecule has 1 aliphatic heterocycles. The van der Waals surface area contributed by atoms with Crippen LogP contribution < -0.4 is 10.1 Å². The molecule has 0 amide bonds. The van der Waals surface area contributed by atoms with Crippen molar-refractivity contribution in [2.75, 3.05) is 25.2 Å². The molecule has 0 fully saturated rings. The van der Waals surface area contributed by atoms with Gasteiger partial charge < -0.3 is 10.1 Å². The van der Waals surface area contributed by atoms with E-state index in [9.17, 15) is 0 Å². The van der Waals surface area contributed by atoms with Crippen molar-refractivity contribution in [2.24, 2.45) is 0 Å². The highest BCUT2D eigenvalue weighted by molar-refractivity contribution is 7.98. The summed E-state index contributed by atoms with van der Waals surface area (Å²) in [6.45, 7) is 1.73. The van der Waals surface area contributed by atoms with E-state index in [1.165, 1.54) is 18.6 Å². The number of halogens is 2. The fourth-order valence-electron chi connectivity index (χ4n) is 2.29. The van der Waals surface area contributed by atoms with Crippen molar-refractivity contribution in [1.82, 2.24) is 5.32 Å². The Labute approximate surface area is 129 Å². The minimum absolute atomic E-state index is 0.300. The average molecular weight is 320 g/mol. The molecule has 5 heteroatoms. The van der Waals surface area contributed by atoms with Gasteiger partial charge in [-0.15, -0.1) is 0 Å². The van der Waals surface area contributed by atoms with Crippen molar-refractivity contribution in [3.05, 3.63) is 27.7 Å². The molecule has 1 aromatic rings. The van der Waals surface area contributed by atoms with E-state index in [4.69, 9.17) is 27.9 Å². The number of unbranched alkanes of at least 4 members (excludes halogenated alkanes) is 1. The molecule has 0 radical (unpaired) electrons. The molecule has 0 bridgehead atoms. The Bertz CT molecular complexity index is 428. The van der Waals surface area contributed by atoms with Crippen molar-refractivity contribution in [2.45, 2.75) is 25.3 Å². The van der Waals surface area contributed by atoms with Crippen molar-refractivity contribution in [3.8, 4) is 5.75 Å². The number of nitrogens with one attached hydrogen (secondary N) is 1. The fraction of sp³-hybridized carbons (Fsp3) is 0.571. The molecule has 2 nitrogen and oxygen atoms in total. The van der Waals surface area contributed by atoms with Crippen LogP contribution in [0.4, 0.5) is 0 Å². The largest absolute Gasteiger partial charge is 0.492 e. The SMILES string of the molecule is CSCCCCNC1CCOc2c(Cl)cc(Cl)cc21. The summed E-state index contributed by atoms with van der Waals surface area (Å²) in [7, 11) is 0. The number of rotatable bonds is 6. The number of fused-ring (bicyclic) bond motifs is 1. The molecular formula is C14H19Cl2NOS. The molecule has 106 valence electrons. The second-order valence-electron chi connectivity index (χ2n) is 4.65. The first-order chi connectivity index (χ1) is 9.22. The molecule has 0 aliphatic carbocycles. The Morgan fingerprint density at radius 3 is 3.00 bits per heavy atom. The van der Waals surface area contributed by atoms with Gasteiger partial charge in [-0.2, -0.15) is 11.8 Å². The molecule has 2 rings (SSSR count). The summed E-state index contributed by atoms with van der Waals surface area (Å²) in [5.41, 5.74) is 1.09. The topological polar surface area (TPSA) is 21.3 Å². The number of hydrogen-bond acceptors (Lipinski definition) is 3. The van der Waals surface area contributed by atoms with Crippen LogP contribution in [-0.2, 0) is 0 Å². The van der Waals surface area contributed by atoms with Gasteiger partial charge in [0.15, 0.2) is 0 Å². The van der Waals surface area contributed by atoms with Gasteiger partial charge in [-0.1, -0.05) is 23.2 Å². The van der Waals surface area contributed by atoms with Crippen LogP contribution in [0.15, 0.2) is 12.1 Å². The van der Waals surface area contributed by atoms with Crippen molar-refractivity contribution < 1.29 is 4.74 Å². The Hall–Kier alpha value is -0.0900. The van der Waals surface area contributed by atoms with Gasteiger partial charge in [0.25, 0.3) is 0 Å². The summed E-state index contributed by atoms with van der Waals surface area (Å²) in [5, 5.41) is 4.86. The number of thioether (sulfide) groups is 1. The lowest BCUT2D eigenvalue weighted by Crippen LogP contribution is -2.28. The molecule has 0 saturated heterocycles. The average Bonchev–Trinajstić information content (AvgIpc) is 2.39. The molecular weight excluding hydrogens is 301 g/mol. The van der Waals surface area contributed by atoms with Gasteiger partial charge >= 0.3 is 0 Å². The van der Waals surface area contributed by atoms with Crippen LogP contribution in [0.1, 0.15) is 30.9 Å². The third-order valence-electron chi connectivity index (χ3n) is 3.23. The predicted octanol–water partition coefficient (Wildman–Crippen LogP) is 4.55. The second-order valence-corrected chi connectivity index (χ2v) is 6.48. The quantitative estimate of drug-likeness (QED) is 0.777. The van der Waals surface area contributed by atoms with E-state index in [1.807, 2.05) is 17.8 Å². The summed E-state index contributed by atoms with van der Waals surface area (Å²) in [6.07, 6.45) is 5.56. The van der Waals surface area contributed by atoms with E-state index in [0.29, 0.717) is 22.7 Å². The van der Waals surface area contributed by atoms with Crippen LogP contribution in [0.25, 0.3) is 0 Å². The van der Waals surface area contributed by atoms with E-state index in [0.717, 1.165) is 24.3 Å². The maximum absolute atomic E-state index is 6.18. The maximum Gasteiger partial charge on any atom is 0.142 e. The summed E-state index contributed by atoms with van der Waals surface area (Å²) in [4.78, 5) is 0. The van der Waals surface area contributed by atoms with Crippen LogP contribution >= 0.6 is 35.0 Å². The van der Waals surface area contributed by atoms with E-state index >= 15 is 0 Å². The number of hydrogen-bond donors (Lipinski definition) is 1. The molecule has 0 spiro atoms. The zero-order valence-corrected chi connectivity index (χ0v) is 13.4. The molecule has 0 aromatic heterocycles. The second kappa shape index (κ2) is 7.63. The smallest absolute Gasteiger partial charge is 0.142 e. The van der Waals surface area contributed by atoms with Crippen molar-refractivity contribution in [1.29, 1.82) is 0 Å². The van der Waals surface area contributed by atoms with Crippen LogP contribution in [0.2, 0.25) is 10.0 Å². The highest BCUT2D eigenvalue weighted by atomic mass is 35.5. The monoisotopic (exact) mass is 319 g/mol. The number of benzene rings is 1. The van der Waals surface area contributed by atoms with Crippen molar-refractivity contribution in [3.63, 3.8) is 0 Å². The summed E-state index contributed by atoms with van der Waals surface area (Å²) < 4.78 is 5.65. The van der Waals surface area contributed by atoms with Crippen LogP contribution in [0.3, 0.4) is 0 Å². The molecule has 1 aromatic carbocycles. The predicted molar refractivity (Wildman–Crippen MR) is 84.9 cm³/mol. The molecule has 0 saturated carbocycles. The Kier molecular flexibility index (Phi) is 6.14. The van der Waals surface area contributed by atoms with Gasteiger partial charge in [-0.25, -0.2) is 0 Å². The lowest BCUT2D eigenvalue weighted by molar-refractivity contribution is 0.253. The Morgan fingerprint density at radius 2 is 2.21 bits per heavy atom. The van der Waals surface area contributed by atoms with E-state index in [2.05, 4.69) is 11.6 Å². The highest BCUT2D eigenvalue weighted by Gasteiger charge is 2.23. The van der Waals surface area contributed by atoms with Gasteiger partial charge in [-0.05, 0) is 43.5 Å². The van der Waals surface area contributed by atoms with Gasteiger partial charge in [0.2, 0.25) is 0 Å². The van der Waals surface area contributed by atoms with Crippen LogP contribution in [-0.4, -0.2) is 25.2 Å². The molecule has 1 heterocycles. The summed E-state index contributed by atoms with van der Waals surface area (Å²) in [5.74, 6) is 2.02. The minimum Gasteiger partial charge on any atom is -0.492 e. The third-order valence-corrected chi connectivity index (χ3v) is 4.43. The van der Waals surface area contributed by atoms with E-state index < -0.39 is 0 Å². The van der Waals surface area contributed by atoms with Gasteiger partial charge in [0.1, 0.15) is 5.75 Å². The molecule has 1 unspecified atom stereocenters. The van der Waals surface area contributed by atoms with Crippen molar-refractivity contribution >= 4 is 35.0 Å². The standard InChI is InChI=1S/C14H19Cl2NOS/c1-19-7-3-2-5-17-13-4-6-18-14-11(13)8-10(15)9-12(14)16/h8-9,13,17H,2-7H2,1H3. The van der Waals surface area contributed by atoms with E-state index in [-0.39, 0.29) is 0 Å². The number of ether oxygens (including phenoxy) is 1. The summed E-state index contributed by atoms with van der Waals surface area (Å²) in [6, 6.07) is 4.00. The van der Waals surface area contributed by atoms with Crippen LogP contribution in [0.5, 0.6) is 5.75 Å². The van der Waals surface area contributed by atoms with Gasteiger partial charge in [0, 0.05) is 23.0 Å². The lowest BCUT2D eigenvalue weighted by atomic mass is 10.0. The molecule has 1 N–H and O–H groups in total. The molecule has 1 aliphatic rings. The third kappa shape index (κ3) is 4.19. The molecule has 19 heavy (non-hydrogen) atoms. The Morgan fingerprint density at radius 1 is 1.37 bits per heavy atom. The van der Waals surface area contributed by atoms with Gasteiger partial charge in [0.05, 0.1) is 11.6 Å². The zero-order valence-electron chi connectivity index (χ0n) is 11.0. The molecule has 1 atom stereocenters.